The van der Waals surface area contributed by atoms with Crippen LogP contribution in [0.25, 0.3) is 11.3 Å². The molecule has 0 atom stereocenters. The molecule has 2 aromatic rings. The van der Waals surface area contributed by atoms with Gasteiger partial charge in [0.25, 0.3) is 5.56 Å². The molecule has 1 N–H and O–H groups in total. The van der Waals surface area contributed by atoms with Gasteiger partial charge in [0.2, 0.25) is 0 Å². The number of aromatic nitrogens is 2. The summed E-state index contributed by atoms with van der Waals surface area (Å²) >= 11 is 0. The van der Waals surface area contributed by atoms with E-state index in [-0.39, 0.29) is 11.1 Å². The quantitative estimate of drug-likeness (QED) is 0.803. The molecular formula is C14H18N2O. The average Bonchev–Trinajstić information content (AvgIpc) is 2.60. The molecule has 0 radical (unpaired) electrons. The maximum absolute atomic E-state index is 11.9. The summed E-state index contributed by atoms with van der Waals surface area (Å²) in [5.74, 6) is 0. The number of benzene rings is 1. The molecule has 0 unspecified atom stereocenters. The molecule has 0 saturated carbocycles. The van der Waals surface area contributed by atoms with E-state index in [0.717, 1.165) is 11.3 Å². The van der Waals surface area contributed by atoms with E-state index in [1.165, 1.54) is 5.56 Å². The van der Waals surface area contributed by atoms with Gasteiger partial charge >= 0.3 is 0 Å². The molecule has 0 saturated heterocycles. The largest absolute Gasteiger partial charge is 0.294 e. The van der Waals surface area contributed by atoms with Crippen LogP contribution in [0.2, 0.25) is 0 Å². The van der Waals surface area contributed by atoms with Crippen LogP contribution >= 0.6 is 0 Å². The number of nitrogens with zero attached hydrogens (tertiary/aromatic N) is 1. The Hall–Kier alpha value is -1.77. The normalized spacial score (nSPS) is 11.8. The van der Waals surface area contributed by atoms with Crippen LogP contribution in [-0.2, 0) is 5.54 Å². The molecule has 0 aliphatic heterocycles. The van der Waals surface area contributed by atoms with Crippen molar-refractivity contribution in [2.45, 2.75) is 33.2 Å². The minimum Gasteiger partial charge on any atom is -0.294 e. The zero-order chi connectivity index (χ0) is 12.6. The zero-order valence-corrected chi connectivity index (χ0v) is 10.7. The fourth-order valence-corrected chi connectivity index (χ4v) is 1.85. The first-order valence-corrected chi connectivity index (χ1v) is 5.77. The summed E-state index contributed by atoms with van der Waals surface area (Å²) in [6.45, 7) is 8.06. The van der Waals surface area contributed by atoms with Crippen LogP contribution in [-0.4, -0.2) is 9.78 Å². The molecule has 0 spiro atoms. The SMILES string of the molecule is Cc1cccc(-c2cc(=O)n(C(C)(C)C)[nH]2)c1. The standard InChI is InChI=1S/C14H18N2O/c1-10-6-5-7-11(8-10)12-9-13(17)16(15-12)14(2,3)4/h5-9,15H,1-4H3. The molecule has 3 nitrogen and oxygen atoms in total. The van der Waals surface area contributed by atoms with Crippen molar-refractivity contribution in [1.29, 1.82) is 0 Å². The maximum atomic E-state index is 11.9. The number of H-pyrrole nitrogens is 1. The van der Waals surface area contributed by atoms with Gasteiger partial charge in [0.05, 0.1) is 11.2 Å². The molecule has 90 valence electrons. The summed E-state index contributed by atoms with van der Waals surface area (Å²) < 4.78 is 1.66. The zero-order valence-electron chi connectivity index (χ0n) is 10.7. The van der Waals surface area contributed by atoms with Gasteiger partial charge in [0.1, 0.15) is 0 Å². The smallest absolute Gasteiger partial charge is 0.267 e. The van der Waals surface area contributed by atoms with Crippen molar-refractivity contribution in [3.05, 3.63) is 46.2 Å². The van der Waals surface area contributed by atoms with Gasteiger partial charge in [-0.25, -0.2) is 4.68 Å². The summed E-state index contributed by atoms with van der Waals surface area (Å²) in [6.07, 6.45) is 0. The van der Waals surface area contributed by atoms with Crippen LogP contribution in [0.3, 0.4) is 0 Å². The minimum absolute atomic E-state index is 0.00834. The third kappa shape index (κ3) is 2.33. The van der Waals surface area contributed by atoms with Gasteiger partial charge in [-0.05, 0) is 39.3 Å². The Morgan fingerprint density at radius 2 is 1.88 bits per heavy atom. The van der Waals surface area contributed by atoms with Crippen LogP contribution < -0.4 is 5.56 Å². The summed E-state index contributed by atoms with van der Waals surface area (Å²) in [5.41, 5.74) is 2.89. The fraction of sp³-hybridized carbons (Fsp3) is 0.357. The second-order valence-electron chi connectivity index (χ2n) is 5.38. The highest BCUT2D eigenvalue weighted by atomic mass is 16.1. The van der Waals surface area contributed by atoms with Gasteiger partial charge in [-0.1, -0.05) is 23.8 Å². The second kappa shape index (κ2) is 3.91. The topological polar surface area (TPSA) is 37.8 Å². The predicted molar refractivity (Wildman–Crippen MR) is 70.2 cm³/mol. The Morgan fingerprint density at radius 1 is 1.18 bits per heavy atom. The first-order chi connectivity index (χ1) is 7.88. The van der Waals surface area contributed by atoms with E-state index in [1.807, 2.05) is 45.9 Å². The molecule has 0 aliphatic rings. The molecule has 0 amide bonds. The number of aromatic amines is 1. The maximum Gasteiger partial charge on any atom is 0.267 e. The van der Waals surface area contributed by atoms with Crippen molar-refractivity contribution >= 4 is 0 Å². The first-order valence-electron chi connectivity index (χ1n) is 5.77. The first kappa shape index (κ1) is 11.7. The van der Waals surface area contributed by atoms with Gasteiger partial charge in [0.15, 0.2) is 0 Å². The lowest BCUT2D eigenvalue weighted by molar-refractivity contribution is 0.346. The number of aryl methyl sites for hydroxylation is 1. The summed E-state index contributed by atoms with van der Waals surface area (Å²) in [7, 11) is 0. The molecule has 1 heterocycles. The number of hydrogen-bond acceptors (Lipinski definition) is 1. The van der Waals surface area contributed by atoms with E-state index in [9.17, 15) is 4.79 Å². The molecule has 3 heteroatoms. The summed E-state index contributed by atoms with van der Waals surface area (Å²) in [5, 5.41) is 3.17. The van der Waals surface area contributed by atoms with E-state index >= 15 is 0 Å². The van der Waals surface area contributed by atoms with Crippen molar-refractivity contribution in [3.8, 4) is 11.3 Å². The molecule has 2 rings (SSSR count). The number of nitrogens with one attached hydrogen (secondary N) is 1. The van der Waals surface area contributed by atoms with E-state index in [0.29, 0.717) is 0 Å². The number of rotatable bonds is 1. The Balaban J connectivity index is 2.53. The van der Waals surface area contributed by atoms with Crippen LogP contribution in [0.4, 0.5) is 0 Å². The highest BCUT2D eigenvalue weighted by Gasteiger charge is 2.17. The molecule has 0 fully saturated rings. The van der Waals surface area contributed by atoms with Crippen LogP contribution in [0.15, 0.2) is 35.1 Å². The highest BCUT2D eigenvalue weighted by molar-refractivity contribution is 5.59. The van der Waals surface area contributed by atoms with Crippen LogP contribution in [0.5, 0.6) is 0 Å². The van der Waals surface area contributed by atoms with E-state index in [1.54, 1.807) is 10.7 Å². The second-order valence-corrected chi connectivity index (χ2v) is 5.38. The Bertz CT molecular complexity index is 585. The predicted octanol–water partition coefficient (Wildman–Crippen LogP) is 2.91. The summed E-state index contributed by atoms with van der Waals surface area (Å²) in [6, 6.07) is 9.77. The van der Waals surface area contributed by atoms with Crippen molar-refractivity contribution in [1.82, 2.24) is 9.78 Å². The van der Waals surface area contributed by atoms with Crippen LogP contribution in [0.1, 0.15) is 26.3 Å². The molecule has 1 aromatic heterocycles. The molecular weight excluding hydrogens is 212 g/mol. The van der Waals surface area contributed by atoms with Crippen molar-refractivity contribution in [3.63, 3.8) is 0 Å². The van der Waals surface area contributed by atoms with Gasteiger partial charge in [-0.3, -0.25) is 9.89 Å². The van der Waals surface area contributed by atoms with Gasteiger partial charge < -0.3 is 0 Å². The fourth-order valence-electron chi connectivity index (χ4n) is 1.85. The Labute approximate surface area is 101 Å². The lowest BCUT2D eigenvalue weighted by Crippen LogP contribution is -2.32. The average molecular weight is 230 g/mol. The van der Waals surface area contributed by atoms with Gasteiger partial charge in [0, 0.05) is 6.07 Å². The Kier molecular flexibility index (Phi) is 2.69. The van der Waals surface area contributed by atoms with Crippen LogP contribution in [0, 0.1) is 6.92 Å². The van der Waals surface area contributed by atoms with Crippen molar-refractivity contribution < 1.29 is 0 Å². The lowest BCUT2D eigenvalue weighted by atomic mass is 10.1. The Morgan fingerprint density at radius 3 is 2.41 bits per heavy atom. The van der Waals surface area contributed by atoms with Gasteiger partial charge in [-0.15, -0.1) is 0 Å². The lowest BCUT2D eigenvalue weighted by Gasteiger charge is -2.19. The van der Waals surface area contributed by atoms with Crippen molar-refractivity contribution in [2.24, 2.45) is 0 Å². The monoisotopic (exact) mass is 230 g/mol. The number of hydrogen-bond donors (Lipinski definition) is 1. The van der Waals surface area contributed by atoms with E-state index < -0.39 is 0 Å². The summed E-state index contributed by atoms with van der Waals surface area (Å²) in [4.78, 5) is 11.9. The van der Waals surface area contributed by atoms with Crippen molar-refractivity contribution in [2.75, 3.05) is 0 Å². The third-order valence-corrected chi connectivity index (χ3v) is 2.72. The molecule has 0 aliphatic carbocycles. The molecule has 17 heavy (non-hydrogen) atoms. The van der Waals surface area contributed by atoms with E-state index in [4.69, 9.17) is 0 Å². The molecule has 1 aromatic carbocycles. The van der Waals surface area contributed by atoms with E-state index in [2.05, 4.69) is 11.2 Å². The third-order valence-electron chi connectivity index (χ3n) is 2.72. The molecule has 0 bridgehead atoms. The van der Waals surface area contributed by atoms with Gasteiger partial charge in [-0.2, -0.15) is 0 Å². The highest BCUT2D eigenvalue weighted by Crippen LogP contribution is 2.18. The minimum atomic E-state index is -0.223.